The van der Waals surface area contributed by atoms with E-state index in [9.17, 15) is 5.26 Å². The molecule has 2 rings (SSSR count). The van der Waals surface area contributed by atoms with Crippen molar-refractivity contribution in [1.29, 1.82) is 5.26 Å². The minimum atomic E-state index is -0.118. The van der Waals surface area contributed by atoms with Crippen LogP contribution < -0.4 is 4.74 Å². The highest BCUT2D eigenvalue weighted by atomic mass is 16.5. The summed E-state index contributed by atoms with van der Waals surface area (Å²) in [5.41, 5.74) is 2.40. The van der Waals surface area contributed by atoms with Gasteiger partial charge in [0, 0.05) is 11.7 Å². The summed E-state index contributed by atoms with van der Waals surface area (Å²) in [6.45, 7) is 6.33. The monoisotopic (exact) mass is 254 g/mol. The van der Waals surface area contributed by atoms with Crippen molar-refractivity contribution in [2.75, 3.05) is 7.11 Å². The zero-order valence-electron chi connectivity index (χ0n) is 11.8. The third-order valence-corrected chi connectivity index (χ3v) is 3.07. The molecule has 0 atom stereocenters. The third-order valence-electron chi connectivity index (χ3n) is 3.07. The molecular weight excluding hydrogens is 236 g/mol. The van der Waals surface area contributed by atoms with Crippen molar-refractivity contribution < 1.29 is 4.74 Å². The van der Waals surface area contributed by atoms with Gasteiger partial charge in [0.2, 0.25) is 0 Å². The number of hydrogen-bond acceptors (Lipinski definition) is 2. The summed E-state index contributed by atoms with van der Waals surface area (Å²) in [4.78, 5) is 0. The Bertz CT molecular complexity index is 613. The van der Waals surface area contributed by atoms with Crippen LogP contribution in [0.4, 0.5) is 0 Å². The molecular formula is C16H18N2O. The molecule has 1 aromatic heterocycles. The van der Waals surface area contributed by atoms with Crippen molar-refractivity contribution >= 4 is 0 Å². The Balaban J connectivity index is 2.77. The minimum Gasteiger partial charge on any atom is -0.494 e. The summed E-state index contributed by atoms with van der Waals surface area (Å²) in [6, 6.07) is 12.2. The van der Waals surface area contributed by atoms with Gasteiger partial charge in [-0.2, -0.15) is 5.26 Å². The van der Waals surface area contributed by atoms with Gasteiger partial charge in [-0.25, -0.2) is 0 Å². The lowest BCUT2D eigenvalue weighted by Crippen LogP contribution is -2.21. The summed E-state index contributed by atoms with van der Waals surface area (Å²) in [7, 11) is 1.60. The maximum atomic E-state index is 9.43. The molecule has 0 spiro atoms. The zero-order valence-corrected chi connectivity index (χ0v) is 11.8. The van der Waals surface area contributed by atoms with E-state index in [0.717, 1.165) is 11.3 Å². The van der Waals surface area contributed by atoms with Crippen molar-refractivity contribution in [2.24, 2.45) is 0 Å². The minimum absolute atomic E-state index is 0.118. The second-order valence-corrected chi connectivity index (χ2v) is 5.44. The Morgan fingerprint density at radius 3 is 2.26 bits per heavy atom. The van der Waals surface area contributed by atoms with Crippen molar-refractivity contribution in [3.8, 4) is 23.1 Å². The first-order valence-electron chi connectivity index (χ1n) is 6.24. The average molecular weight is 254 g/mol. The standard InChI is InChI=1S/C16H18N2O/c1-16(2,3)18-11-14(19-4)13(10-17)15(18)12-8-6-5-7-9-12/h5-9,11H,1-4H3. The Morgan fingerprint density at radius 2 is 1.79 bits per heavy atom. The molecule has 98 valence electrons. The van der Waals surface area contributed by atoms with E-state index in [1.165, 1.54) is 0 Å². The van der Waals surface area contributed by atoms with Gasteiger partial charge >= 0.3 is 0 Å². The van der Waals surface area contributed by atoms with Gasteiger partial charge in [0.1, 0.15) is 11.6 Å². The van der Waals surface area contributed by atoms with E-state index in [-0.39, 0.29) is 5.54 Å². The molecule has 0 radical (unpaired) electrons. The zero-order chi connectivity index (χ0) is 14.0. The fraction of sp³-hybridized carbons (Fsp3) is 0.312. The Hall–Kier alpha value is -2.21. The fourth-order valence-corrected chi connectivity index (χ4v) is 2.15. The van der Waals surface area contributed by atoms with Crippen molar-refractivity contribution in [3.63, 3.8) is 0 Å². The second kappa shape index (κ2) is 4.81. The SMILES string of the molecule is COc1cn(C(C)(C)C)c(-c2ccccc2)c1C#N. The predicted octanol–water partition coefficient (Wildman–Crippen LogP) is 3.79. The second-order valence-electron chi connectivity index (χ2n) is 5.44. The van der Waals surface area contributed by atoms with Gasteiger partial charge in [-0.05, 0) is 26.3 Å². The van der Waals surface area contributed by atoms with E-state index in [2.05, 4.69) is 31.4 Å². The largest absolute Gasteiger partial charge is 0.494 e. The summed E-state index contributed by atoms with van der Waals surface area (Å²) >= 11 is 0. The number of ether oxygens (including phenoxy) is 1. The van der Waals surface area contributed by atoms with E-state index in [1.54, 1.807) is 7.11 Å². The molecule has 19 heavy (non-hydrogen) atoms. The molecule has 1 heterocycles. The van der Waals surface area contributed by atoms with Crippen molar-refractivity contribution in [3.05, 3.63) is 42.1 Å². The smallest absolute Gasteiger partial charge is 0.154 e. The van der Waals surface area contributed by atoms with Crippen LogP contribution in [0.2, 0.25) is 0 Å². The van der Waals surface area contributed by atoms with Crippen LogP contribution >= 0.6 is 0 Å². The van der Waals surface area contributed by atoms with E-state index >= 15 is 0 Å². The number of aromatic nitrogens is 1. The highest BCUT2D eigenvalue weighted by molar-refractivity contribution is 5.72. The van der Waals surface area contributed by atoms with Crippen molar-refractivity contribution in [2.45, 2.75) is 26.3 Å². The summed E-state index contributed by atoms with van der Waals surface area (Å²) < 4.78 is 7.43. The lowest BCUT2D eigenvalue weighted by Gasteiger charge is -2.24. The lowest BCUT2D eigenvalue weighted by atomic mass is 10.0. The van der Waals surface area contributed by atoms with E-state index in [0.29, 0.717) is 11.3 Å². The first kappa shape index (κ1) is 13.2. The lowest BCUT2D eigenvalue weighted by molar-refractivity contribution is 0.385. The average Bonchev–Trinajstić information content (AvgIpc) is 2.78. The highest BCUT2D eigenvalue weighted by Crippen LogP contribution is 2.36. The molecule has 0 unspecified atom stereocenters. The summed E-state index contributed by atoms with van der Waals surface area (Å²) in [6.07, 6.45) is 1.90. The van der Waals surface area contributed by atoms with Gasteiger partial charge in [-0.15, -0.1) is 0 Å². The number of nitrogens with zero attached hydrogens (tertiary/aromatic N) is 2. The van der Waals surface area contributed by atoms with E-state index in [1.807, 2.05) is 36.5 Å². The number of rotatable bonds is 2. The number of methoxy groups -OCH3 is 1. The first-order valence-corrected chi connectivity index (χ1v) is 6.24. The van der Waals surface area contributed by atoms with E-state index < -0.39 is 0 Å². The number of benzene rings is 1. The summed E-state index contributed by atoms with van der Waals surface area (Å²) in [5.74, 6) is 0.622. The first-order chi connectivity index (χ1) is 8.99. The van der Waals surface area contributed by atoms with Crippen LogP contribution in [0.5, 0.6) is 5.75 Å². The molecule has 0 aliphatic carbocycles. The van der Waals surface area contributed by atoms with Crippen LogP contribution in [-0.4, -0.2) is 11.7 Å². The Labute approximate surface area is 114 Å². The molecule has 2 aromatic rings. The van der Waals surface area contributed by atoms with E-state index in [4.69, 9.17) is 4.74 Å². The number of nitriles is 1. The molecule has 0 amide bonds. The van der Waals surface area contributed by atoms with Gasteiger partial charge in [0.05, 0.1) is 12.8 Å². The highest BCUT2D eigenvalue weighted by Gasteiger charge is 2.24. The molecule has 0 bridgehead atoms. The normalized spacial score (nSPS) is 11.1. The van der Waals surface area contributed by atoms with Crippen LogP contribution in [0.25, 0.3) is 11.3 Å². The topological polar surface area (TPSA) is 38.0 Å². The van der Waals surface area contributed by atoms with Gasteiger partial charge in [0.25, 0.3) is 0 Å². The maximum absolute atomic E-state index is 9.43. The number of hydrogen-bond donors (Lipinski definition) is 0. The Kier molecular flexibility index (Phi) is 3.35. The molecule has 1 aromatic carbocycles. The van der Waals surface area contributed by atoms with Crippen molar-refractivity contribution in [1.82, 2.24) is 4.57 Å². The van der Waals surface area contributed by atoms with Gasteiger partial charge in [0.15, 0.2) is 5.75 Å². The van der Waals surface area contributed by atoms with Crippen LogP contribution in [0.1, 0.15) is 26.3 Å². The third kappa shape index (κ3) is 2.34. The summed E-state index contributed by atoms with van der Waals surface area (Å²) in [5, 5.41) is 9.43. The van der Waals surface area contributed by atoms with Gasteiger partial charge in [-0.3, -0.25) is 0 Å². The molecule has 0 saturated carbocycles. The molecule has 3 nitrogen and oxygen atoms in total. The van der Waals surface area contributed by atoms with Crippen LogP contribution in [0.3, 0.4) is 0 Å². The van der Waals surface area contributed by atoms with Crippen LogP contribution in [-0.2, 0) is 5.54 Å². The molecule has 0 N–H and O–H groups in total. The quantitative estimate of drug-likeness (QED) is 0.817. The molecule has 0 aliphatic rings. The molecule has 0 saturated heterocycles. The van der Waals surface area contributed by atoms with Gasteiger partial charge in [-0.1, -0.05) is 30.3 Å². The van der Waals surface area contributed by atoms with Crippen LogP contribution in [0.15, 0.2) is 36.5 Å². The molecule has 3 heteroatoms. The molecule has 0 aliphatic heterocycles. The predicted molar refractivity (Wildman–Crippen MR) is 76.1 cm³/mol. The Morgan fingerprint density at radius 1 is 1.16 bits per heavy atom. The molecule has 0 fully saturated rings. The van der Waals surface area contributed by atoms with Crippen LogP contribution in [0, 0.1) is 11.3 Å². The van der Waals surface area contributed by atoms with Gasteiger partial charge < -0.3 is 9.30 Å². The fourth-order valence-electron chi connectivity index (χ4n) is 2.15. The maximum Gasteiger partial charge on any atom is 0.154 e.